The van der Waals surface area contributed by atoms with Crippen LogP contribution in [-0.2, 0) is 19.2 Å². The van der Waals surface area contributed by atoms with Crippen LogP contribution in [0.1, 0.15) is 106 Å². The van der Waals surface area contributed by atoms with Gasteiger partial charge in [-0.2, -0.15) is 0 Å². The van der Waals surface area contributed by atoms with Crippen LogP contribution in [-0.4, -0.2) is 65.1 Å². The van der Waals surface area contributed by atoms with E-state index in [0.29, 0.717) is 25.8 Å². The van der Waals surface area contributed by atoms with Gasteiger partial charge in [-0.05, 0) is 47.6 Å². The second-order valence-electron chi connectivity index (χ2n) is 13.5. The number of urea groups is 1. The van der Waals surface area contributed by atoms with Crippen molar-refractivity contribution in [3.8, 4) is 0 Å². The van der Waals surface area contributed by atoms with E-state index in [1.54, 1.807) is 0 Å². The molecule has 4 atom stereocenters. The van der Waals surface area contributed by atoms with Gasteiger partial charge in [0, 0.05) is 6.54 Å². The van der Waals surface area contributed by atoms with Gasteiger partial charge in [-0.1, -0.05) is 118 Å². The monoisotopic (exact) mass is 641 g/mol. The molecule has 10 heteroatoms. The molecule has 0 aromatic heterocycles. The van der Waals surface area contributed by atoms with Crippen molar-refractivity contribution in [3.05, 3.63) is 42.5 Å². The first kappa shape index (κ1) is 40.3. The van der Waals surface area contributed by atoms with Gasteiger partial charge >= 0.3 is 6.03 Å². The topological polar surface area (TPSA) is 151 Å². The van der Waals surface area contributed by atoms with Crippen molar-refractivity contribution in [2.24, 2.45) is 23.0 Å². The molecule has 0 bridgehead atoms. The Morgan fingerprint density at radius 3 is 2.00 bits per heavy atom. The minimum Gasteiger partial charge on any atom is -0.363 e. The number of ketones is 1. The number of Topliss-reactive ketones (excluding diaryl/α,β-unsaturated/α-hetero) is 1. The molecule has 5 amide bonds. The summed E-state index contributed by atoms with van der Waals surface area (Å²) in [6.07, 6.45) is 4.76. The summed E-state index contributed by atoms with van der Waals surface area (Å²) in [5, 5.41) is 8.45. The van der Waals surface area contributed by atoms with Crippen molar-refractivity contribution < 1.29 is 24.0 Å². The number of nitrogens with two attached hydrogens (primary N) is 1. The number of carbonyl (C=O) groups is 5. The fraction of sp³-hybridized carbons (Fsp3) is 0.639. The lowest BCUT2D eigenvalue weighted by atomic mass is 9.85. The maximum atomic E-state index is 13.8. The highest BCUT2D eigenvalue weighted by Gasteiger charge is 2.43. The lowest BCUT2D eigenvalue weighted by Gasteiger charge is -2.36. The first-order chi connectivity index (χ1) is 21.6. The average molecular weight is 642 g/mol. The predicted octanol–water partition coefficient (Wildman–Crippen LogP) is 5.21. The Bertz CT molecular complexity index is 1170. The zero-order valence-electron chi connectivity index (χ0n) is 29.6. The smallest absolute Gasteiger partial charge is 0.315 e. The lowest BCUT2D eigenvalue weighted by Crippen LogP contribution is -2.60. The molecule has 2 aliphatic rings. The molecule has 2 fully saturated rings. The van der Waals surface area contributed by atoms with Gasteiger partial charge in [-0.15, -0.1) is 0 Å². The number of likely N-dealkylation sites (tertiary alicyclic amines) is 1. The van der Waals surface area contributed by atoms with Crippen molar-refractivity contribution >= 4 is 35.1 Å². The molecule has 0 spiro atoms. The second kappa shape index (κ2) is 19.1. The van der Waals surface area contributed by atoms with E-state index in [0.717, 1.165) is 17.1 Å². The summed E-state index contributed by atoms with van der Waals surface area (Å²) in [7, 11) is 0. The maximum absolute atomic E-state index is 13.8. The number of nitrogens with zero attached hydrogens (tertiary/aromatic N) is 1. The Balaban J connectivity index is 0.00000160. The Hall–Kier alpha value is -3.69. The molecule has 1 saturated heterocycles. The third kappa shape index (κ3) is 12.6. The van der Waals surface area contributed by atoms with Crippen molar-refractivity contribution in [1.82, 2.24) is 20.9 Å². The first-order valence-electron chi connectivity index (χ1n) is 16.8. The van der Waals surface area contributed by atoms with E-state index >= 15 is 0 Å². The zero-order chi connectivity index (χ0) is 35.2. The molecule has 1 aromatic carbocycles. The van der Waals surface area contributed by atoms with Crippen LogP contribution in [0.3, 0.4) is 0 Å². The van der Waals surface area contributed by atoms with Crippen LogP contribution in [0.15, 0.2) is 36.9 Å². The minimum atomic E-state index is -1.12. The van der Waals surface area contributed by atoms with Crippen LogP contribution < -0.4 is 21.7 Å². The molecule has 5 N–H and O–H groups in total. The SMILES string of the molecule is C=C(c1ccccc1)C(NC(=O)NC(C(=O)N1CCC[C@H]1C(=O)NC(CCC)C(=O)C(N)=O)C(C)(C)C)C(C)C.CC.CC1CC1. The Morgan fingerprint density at radius 2 is 1.54 bits per heavy atom. The molecule has 258 valence electrons. The van der Waals surface area contributed by atoms with Crippen LogP contribution >= 0.6 is 0 Å². The molecule has 3 unspecified atom stereocenters. The van der Waals surface area contributed by atoms with E-state index in [4.69, 9.17) is 5.73 Å². The van der Waals surface area contributed by atoms with E-state index in [2.05, 4.69) is 29.5 Å². The normalized spacial score (nSPS) is 17.6. The summed E-state index contributed by atoms with van der Waals surface area (Å²) >= 11 is 0. The van der Waals surface area contributed by atoms with E-state index in [-0.39, 0.29) is 18.4 Å². The summed E-state index contributed by atoms with van der Waals surface area (Å²) < 4.78 is 0. The lowest BCUT2D eigenvalue weighted by molar-refractivity contribution is -0.143. The molecule has 1 aromatic rings. The Labute approximate surface area is 276 Å². The first-order valence-corrected chi connectivity index (χ1v) is 16.8. The molecular formula is C36H59N5O5. The highest BCUT2D eigenvalue weighted by Crippen LogP contribution is 2.27. The van der Waals surface area contributed by atoms with Crippen LogP contribution in [0.2, 0.25) is 0 Å². The van der Waals surface area contributed by atoms with E-state index in [1.165, 1.54) is 17.7 Å². The molecule has 3 rings (SSSR count). The van der Waals surface area contributed by atoms with Crippen molar-refractivity contribution in [2.45, 2.75) is 125 Å². The molecule has 1 saturated carbocycles. The summed E-state index contributed by atoms with van der Waals surface area (Å²) in [5.74, 6) is -1.77. The summed E-state index contributed by atoms with van der Waals surface area (Å²) in [4.78, 5) is 65.3. The largest absolute Gasteiger partial charge is 0.363 e. The fourth-order valence-electron chi connectivity index (χ4n) is 5.08. The van der Waals surface area contributed by atoms with Crippen LogP contribution in [0.5, 0.6) is 0 Å². The average Bonchev–Trinajstić information content (AvgIpc) is 3.63. The standard InChI is InChI=1S/C30H45N5O5.C4H8.C2H6/c1-8-13-21(24(36)26(31)37)32-27(38)22-16-12-17-35(22)28(39)25(30(5,6)7)34-29(40)33-23(18(2)3)19(4)20-14-10-9-11-15-20;1-4-2-3-4;1-2/h9-11,14-15,18,21-23,25H,4,8,12-13,16-17H2,1-3,5-7H3,(H2,31,37)(H,32,38)(H2,33,34,40);4H,2-3H2,1H3;1-2H3/t21?,22-,23?,25?;;/m0../s1. The van der Waals surface area contributed by atoms with Crippen molar-refractivity contribution in [2.75, 3.05) is 6.54 Å². The van der Waals surface area contributed by atoms with E-state index in [9.17, 15) is 24.0 Å². The van der Waals surface area contributed by atoms with Crippen LogP contribution in [0.4, 0.5) is 4.79 Å². The minimum absolute atomic E-state index is 0.0353. The van der Waals surface area contributed by atoms with Gasteiger partial charge in [0.1, 0.15) is 12.1 Å². The highest BCUT2D eigenvalue weighted by atomic mass is 16.2. The third-order valence-corrected chi connectivity index (χ3v) is 8.02. The fourth-order valence-corrected chi connectivity index (χ4v) is 5.08. The van der Waals surface area contributed by atoms with Gasteiger partial charge in [0.25, 0.3) is 5.91 Å². The maximum Gasteiger partial charge on any atom is 0.315 e. The number of rotatable bonds is 12. The van der Waals surface area contributed by atoms with Crippen LogP contribution in [0, 0.1) is 17.3 Å². The molecular weight excluding hydrogens is 582 g/mol. The Morgan fingerprint density at radius 1 is 0.978 bits per heavy atom. The van der Waals surface area contributed by atoms with Crippen molar-refractivity contribution in [1.29, 1.82) is 0 Å². The van der Waals surface area contributed by atoms with Gasteiger partial charge in [0.15, 0.2) is 0 Å². The predicted molar refractivity (Wildman–Crippen MR) is 185 cm³/mol. The van der Waals surface area contributed by atoms with Gasteiger partial charge in [-0.3, -0.25) is 19.2 Å². The molecule has 1 heterocycles. The summed E-state index contributed by atoms with van der Waals surface area (Å²) in [6, 6.07) is 5.89. The number of primary amides is 1. The molecule has 1 aliphatic carbocycles. The van der Waals surface area contributed by atoms with E-state index in [1.807, 2.05) is 85.7 Å². The van der Waals surface area contributed by atoms with Gasteiger partial charge in [0.2, 0.25) is 17.6 Å². The van der Waals surface area contributed by atoms with E-state index < -0.39 is 53.1 Å². The second-order valence-corrected chi connectivity index (χ2v) is 13.5. The number of carbonyl (C=O) groups excluding carboxylic acids is 5. The van der Waals surface area contributed by atoms with Crippen molar-refractivity contribution in [3.63, 3.8) is 0 Å². The Kier molecular flexibility index (Phi) is 16.7. The van der Waals surface area contributed by atoms with Crippen LogP contribution in [0.25, 0.3) is 5.57 Å². The van der Waals surface area contributed by atoms with Gasteiger partial charge in [0.05, 0.1) is 12.1 Å². The number of hydrogen-bond donors (Lipinski definition) is 4. The van der Waals surface area contributed by atoms with Gasteiger partial charge in [-0.25, -0.2) is 4.79 Å². The number of amides is 5. The summed E-state index contributed by atoms with van der Waals surface area (Å²) in [5.41, 5.74) is 6.15. The molecule has 10 nitrogen and oxygen atoms in total. The quantitative estimate of drug-likeness (QED) is 0.231. The highest BCUT2D eigenvalue weighted by molar-refractivity contribution is 6.37. The summed E-state index contributed by atoms with van der Waals surface area (Å²) in [6.45, 7) is 22.1. The molecule has 0 radical (unpaired) electrons. The molecule has 46 heavy (non-hydrogen) atoms. The number of hydrogen-bond acceptors (Lipinski definition) is 5. The zero-order valence-corrected chi connectivity index (χ0v) is 29.6. The molecule has 1 aliphatic heterocycles. The number of benzene rings is 1. The third-order valence-electron chi connectivity index (χ3n) is 8.02. The van der Waals surface area contributed by atoms with Gasteiger partial charge < -0.3 is 26.6 Å². The number of nitrogens with one attached hydrogen (secondary N) is 3.